The number of aliphatic carboxylic acids is 1. The van der Waals surface area contributed by atoms with E-state index < -0.39 is 12.6 Å². The Morgan fingerprint density at radius 1 is 0.857 bits per heavy atom. The second-order valence-electron chi connectivity index (χ2n) is 7.76. The first-order valence-electron chi connectivity index (χ1n) is 10.9. The van der Waals surface area contributed by atoms with Crippen LogP contribution in [0.25, 0.3) is 16.9 Å². The number of methoxy groups -OCH3 is 2. The summed E-state index contributed by atoms with van der Waals surface area (Å²) in [6, 6.07) is 22.7. The highest BCUT2D eigenvalue weighted by molar-refractivity contribution is 5.68. The van der Waals surface area contributed by atoms with Crippen LogP contribution in [0.5, 0.6) is 23.0 Å². The van der Waals surface area contributed by atoms with Gasteiger partial charge >= 0.3 is 5.97 Å². The molecule has 4 rings (SSSR count). The second-order valence-corrected chi connectivity index (χ2v) is 7.76. The maximum atomic E-state index is 10.7. The third-order valence-electron chi connectivity index (χ3n) is 5.35. The molecule has 0 amide bonds. The summed E-state index contributed by atoms with van der Waals surface area (Å²) in [6.07, 6.45) is 0. The summed E-state index contributed by atoms with van der Waals surface area (Å²) in [5.41, 5.74) is 4.31. The minimum Gasteiger partial charge on any atom is -0.497 e. The minimum atomic E-state index is -1.02. The Bertz CT molecular complexity index is 1230. The van der Waals surface area contributed by atoms with E-state index in [9.17, 15) is 4.79 Å². The molecule has 35 heavy (non-hydrogen) atoms. The normalized spacial score (nSPS) is 10.6. The molecule has 4 aromatic rings. The Balaban J connectivity index is 1.58. The van der Waals surface area contributed by atoms with E-state index in [0.717, 1.165) is 39.7 Å². The summed E-state index contributed by atoms with van der Waals surface area (Å²) in [5, 5.41) is 13.6. The van der Waals surface area contributed by atoms with Gasteiger partial charge in [-0.05, 0) is 85.3 Å². The first-order chi connectivity index (χ1) is 17.0. The third-order valence-corrected chi connectivity index (χ3v) is 5.35. The maximum absolute atomic E-state index is 10.7. The van der Waals surface area contributed by atoms with Crippen LogP contribution >= 0.6 is 0 Å². The lowest BCUT2D eigenvalue weighted by Crippen LogP contribution is -2.10. The average Bonchev–Trinajstić information content (AvgIpc) is 3.31. The molecule has 0 atom stereocenters. The van der Waals surface area contributed by atoms with Crippen LogP contribution in [0.4, 0.5) is 0 Å². The monoisotopic (exact) mass is 474 g/mol. The van der Waals surface area contributed by atoms with E-state index in [0.29, 0.717) is 11.5 Å². The van der Waals surface area contributed by atoms with Crippen molar-refractivity contribution in [1.29, 1.82) is 0 Å². The number of ether oxygens (including phenoxy) is 4. The highest BCUT2D eigenvalue weighted by atomic mass is 16.5. The van der Waals surface area contributed by atoms with Crippen LogP contribution in [0, 0.1) is 6.92 Å². The van der Waals surface area contributed by atoms with Crippen LogP contribution in [-0.4, -0.2) is 41.7 Å². The number of rotatable bonds is 10. The Morgan fingerprint density at radius 3 is 2.09 bits per heavy atom. The van der Waals surface area contributed by atoms with Gasteiger partial charge in [-0.3, -0.25) is 0 Å². The van der Waals surface area contributed by atoms with Crippen molar-refractivity contribution < 1.29 is 28.8 Å². The molecule has 0 unspecified atom stereocenters. The van der Waals surface area contributed by atoms with E-state index in [2.05, 4.69) is 0 Å². The van der Waals surface area contributed by atoms with Crippen LogP contribution < -0.4 is 18.9 Å². The molecule has 0 saturated heterocycles. The molecule has 0 aliphatic carbocycles. The number of hydrogen-bond acceptors (Lipinski definition) is 6. The maximum Gasteiger partial charge on any atom is 0.341 e. The van der Waals surface area contributed by atoms with Crippen LogP contribution in [0.1, 0.15) is 11.3 Å². The molecule has 0 radical (unpaired) electrons. The topological polar surface area (TPSA) is 92.0 Å². The Hall–Kier alpha value is -4.46. The molecule has 0 spiro atoms. The molecule has 180 valence electrons. The van der Waals surface area contributed by atoms with Gasteiger partial charge in [-0.25, -0.2) is 9.48 Å². The van der Waals surface area contributed by atoms with Crippen molar-refractivity contribution in [2.24, 2.45) is 0 Å². The van der Waals surface area contributed by atoms with Crippen molar-refractivity contribution in [3.8, 4) is 39.9 Å². The largest absolute Gasteiger partial charge is 0.497 e. The summed E-state index contributed by atoms with van der Waals surface area (Å²) < 4.78 is 23.7. The number of hydrogen-bond donors (Lipinski definition) is 1. The molecule has 1 heterocycles. The first kappa shape index (κ1) is 23.7. The van der Waals surface area contributed by atoms with Gasteiger partial charge in [0.1, 0.15) is 35.3 Å². The minimum absolute atomic E-state index is 0.251. The average molecular weight is 475 g/mol. The fourth-order valence-electron chi connectivity index (χ4n) is 3.56. The van der Waals surface area contributed by atoms with Crippen LogP contribution in [-0.2, 0) is 11.4 Å². The Labute approximate surface area is 203 Å². The molecule has 0 aliphatic rings. The van der Waals surface area contributed by atoms with E-state index in [1.165, 1.54) is 0 Å². The fraction of sp³-hybridized carbons (Fsp3) is 0.185. The number of carbonyl (C=O) groups is 1. The number of carboxylic acid groups (broad SMARTS) is 1. The van der Waals surface area contributed by atoms with Crippen molar-refractivity contribution in [1.82, 2.24) is 9.78 Å². The molecule has 1 N–H and O–H groups in total. The number of carboxylic acids is 1. The lowest BCUT2D eigenvalue weighted by Gasteiger charge is -2.10. The molecule has 0 bridgehead atoms. The molecule has 0 saturated carbocycles. The standard InChI is InChI=1S/C27H26N2O6/c1-18-14-24(12-13-26(18)35-17-27(30)31)34-16-20-15-25(19-4-8-22(32-2)9-5-19)29(28-20)21-6-10-23(33-3)11-7-21/h4-15H,16-17H2,1-3H3,(H,30,31). The third kappa shape index (κ3) is 5.73. The van der Waals surface area contributed by atoms with Crippen molar-refractivity contribution in [3.05, 3.63) is 84.1 Å². The highest BCUT2D eigenvalue weighted by Crippen LogP contribution is 2.28. The molecular formula is C27H26N2O6. The van der Waals surface area contributed by atoms with Crippen molar-refractivity contribution in [3.63, 3.8) is 0 Å². The smallest absolute Gasteiger partial charge is 0.341 e. The summed E-state index contributed by atoms with van der Waals surface area (Å²) >= 11 is 0. The summed E-state index contributed by atoms with van der Waals surface area (Å²) in [5.74, 6) is 1.66. The van der Waals surface area contributed by atoms with Gasteiger partial charge in [0.25, 0.3) is 0 Å². The van der Waals surface area contributed by atoms with Gasteiger partial charge in [-0.15, -0.1) is 0 Å². The number of aromatic nitrogens is 2. The first-order valence-corrected chi connectivity index (χ1v) is 10.9. The van der Waals surface area contributed by atoms with E-state index in [1.807, 2.05) is 72.3 Å². The van der Waals surface area contributed by atoms with Gasteiger partial charge in [-0.2, -0.15) is 5.10 Å². The van der Waals surface area contributed by atoms with Crippen LogP contribution in [0.3, 0.4) is 0 Å². The molecule has 8 nitrogen and oxygen atoms in total. The van der Waals surface area contributed by atoms with E-state index in [1.54, 1.807) is 26.4 Å². The number of aryl methyl sites for hydroxylation is 1. The van der Waals surface area contributed by atoms with Crippen LogP contribution in [0.2, 0.25) is 0 Å². The molecule has 0 aliphatic heterocycles. The summed E-state index contributed by atoms with van der Waals surface area (Å²) in [6.45, 7) is 1.70. The van der Waals surface area contributed by atoms with Gasteiger partial charge < -0.3 is 24.1 Å². The summed E-state index contributed by atoms with van der Waals surface area (Å²) in [7, 11) is 3.27. The SMILES string of the molecule is COc1ccc(-c2cc(COc3ccc(OCC(=O)O)c(C)c3)nn2-c2ccc(OC)cc2)cc1. The lowest BCUT2D eigenvalue weighted by atomic mass is 10.1. The van der Waals surface area contributed by atoms with E-state index >= 15 is 0 Å². The van der Waals surface area contributed by atoms with Gasteiger partial charge in [0.15, 0.2) is 6.61 Å². The fourth-order valence-corrected chi connectivity index (χ4v) is 3.56. The quantitative estimate of drug-likeness (QED) is 0.349. The van der Waals surface area contributed by atoms with Crippen molar-refractivity contribution in [2.45, 2.75) is 13.5 Å². The second kappa shape index (κ2) is 10.6. The Kier molecular flexibility index (Phi) is 7.21. The summed E-state index contributed by atoms with van der Waals surface area (Å²) in [4.78, 5) is 10.7. The van der Waals surface area contributed by atoms with Crippen LogP contribution in [0.15, 0.2) is 72.8 Å². The van der Waals surface area contributed by atoms with Gasteiger partial charge in [0.05, 0.1) is 25.6 Å². The number of benzene rings is 3. The molecule has 3 aromatic carbocycles. The zero-order chi connectivity index (χ0) is 24.8. The van der Waals surface area contributed by atoms with E-state index in [4.69, 9.17) is 29.2 Å². The van der Waals surface area contributed by atoms with Gasteiger partial charge in [0, 0.05) is 5.56 Å². The van der Waals surface area contributed by atoms with Crippen molar-refractivity contribution in [2.75, 3.05) is 20.8 Å². The van der Waals surface area contributed by atoms with Gasteiger partial charge in [0.2, 0.25) is 0 Å². The predicted octanol–water partition coefficient (Wildman–Crippen LogP) is 4.91. The Morgan fingerprint density at radius 2 is 1.49 bits per heavy atom. The number of nitrogens with zero attached hydrogens (tertiary/aromatic N) is 2. The zero-order valence-corrected chi connectivity index (χ0v) is 19.7. The zero-order valence-electron chi connectivity index (χ0n) is 19.7. The molecule has 1 aromatic heterocycles. The lowest BCUT2D eigenvalue weighted by molar-refractivity contribution is -0.139. The molecule has 0 fully saturated rings. The van der Waals surface area contributed by atoms with Crippen molar-refractivity contribution >= 4 is 5.97 Å². The molecular weight excluding hydrogens is 448 g/mol. The highest BCUT2D eigenvalue weighted by Gasteiger charge is 2.13. The van der Waals surface area contributed by atoms with E-state index in [-0.39, 0.29) is 6.61 Å². The predicted molar refractivity (Wildman–Crippen MR) is 131 cm³/mol. The van der Waals surface area contributed by atoms with Gasteiger partial charge in [-0.1, -0.05) is 0 Å². The molecule has 8 heteroatoms.